The highest BCUT2D eigenvalue weighted by atomic mass is 16.5. The van der Waals surface area contributed by atoms with Crippen molar-refractivity contribution in [1.82, 2.24) is 9.97 Å². The van der Waals surface area contributed by atoms with Crippen LogP contribution in [0.15, 0.2) is 42.7 Å². The van der Waals surface area contributed by atoms with E-state index in [4.69, 9.17) is 4.74 Å². The van der Waals surface area contributed by atoms with Crippen LogP contribution in [0.5, 0.6) is 5.75 Å². The Morgan fingerprint density at radius 1 is 1.32 bits per heavy atom. The summed E-state index contributed by atoms with van der Waals surface area (Å²) in [5, 5.41) is 9.30. The van der Waals surface area contributed by atoms with Crippen molar-refractivity contribution in [2.24, 2.45) is 0 Å². The van der Waals surface area contributed by atoms with Crippen LogP contribution in [0.1, 0.15) is 17.3 Å². The van der Waals surface area contributed by atoms with Crippen molar-refractivity contribution in [2.75, 3.05) is 7.11 Å². The summed E-state index contributed by atoms with van der Waals surface area (Å²) in [7, 11) is 1.58. The minimum atomic E-state index is -0.936. The van der Waals surface area contributed by atoms with Crippen LogP contribution in [0.2, 0.25) is 0 Å². The average Bonchev–Trinajstić information content (AvgIpc) is 2.45. The van der Waals surface area contributed by atoms with Gasteiger partial charge in [0.2, 0.25) is 0 Å². The lowest BCUT2D eigenvalue weighted by Gasteiger charge is -2.11. The Balaban J connectivity index is 2.24. The maximum absolute atomic E-state index is 11.3. The monoisotopic (exact) mass is 258 g/mol. The van der Waals surface area contributed by atoms with Gasteiger partial charge >= 0.3 is 5.97 Å². The number of aromatic nitrogens is 2. The Bertz CT molecular complexity index is 558. The van der Waals surface area contributed by atoms with Crippen molar-refractivity contribution in [2.45, 2.75) is 12.3 Å². The second kappa shape index (κ2) is 5.95. The molecule has 5 heteroatoms. The Hall–Kier alpha value is -2.43. The summed E-state index contributed by atoms with van der Waals surface area (Å²) in [6.07, 6.45) is 3.42. The molecule has 1 aromatic carbocycles. The number of hydrogen-bond acceptors (Lipinski definition) is 4. The van der Waals surface area contributed by atoms with Crippen molar-refractivity contribution >= 4 is 5.97 Å². The highest BCUT2D eigenvalue weighted by Crippen LogP contribution is 2.20. The number of aliphatic carboxylic acids is 1. The van der Waals surface area contributed by atoms with E-state index in [0.717, 1.165) is 5.56 Å². The molecule has 1 atom stereocenters. The summed E-state index contributed by atoms with van der Waals surface area (Å²) in [4.78, 5) is 19.4. The highest BCUT2D eigenvalue weighted by Gasteiger charge is 2.23. The van der Waals surface area contributed by atoms with Crippen LogP contribution in [0.25, 0.3) is 0 Å². The van der Waals surface area contributed by atoms with E-state index in [1.165, 1.54) is 0 Å². The zero-order valence-corrected chi connectivity index (χ0v) is 10.5. The molecule has 2 rings (SSSR count). The van der Waals surface area contributed by atoms with E-state index >= 15 is 0 Å². The van der Waals surface area contributed by atoms with Crippen molar-refractivity contribution in [1.29, 1.82) is 0 Å². The Morgan fingerprint density at radius 2 is 2.05 bits per heavy atom. The number of ether oxygens (including phenoxy) is 1. The molecule has 0 fully saturated rings. The summed E-state index contributed by atoms with van der Waals surface area (Å²) in [6.45, 7) is 0. The lowest BCUT2D eigenvalue weighted by molar-refractivity contribution is -0.139. The molecule has 2 aromatic rings. The third-order valence-corrected chi connectivity index (χ3v) is 2.77. The fourth-order valence-corrected chi connectivity index (χ4v) is 1.81. The Labute approximate surface area is 110 Å². The van der Waals surface area contributed by atoms with E-state index in [9.17, 15) is 9.90 Å². The van der Waals surface area contributed by atoms with Crippen LogP contribution in [-0.4, -0.2) is 28.2 Å². The van der Waals surface area contributed by atoms with Gasteiger partial charge in [0.05, 0.1) is 7.11 Å². The zero-order valence-electron chi connectivity index (χ0n) is 10.5. The molecule has 1 aromatic heterocycles. The second-order valence-electron chi connectivity index (χ2n) is 4.05. The zero-order chi connectivity index (χ0) is 13.7. The molecule has 0 bridgehead atoms. The number of carboxylic acid groups (broad SMARTS) is 1. The largest absolute Gasteiger partial charge is 0.497 e. The molecule has 5 nitrogen and oxygen atoms in total. The number of carboxylic acids is 1. The molecule has 0 aliphatic rings. The molecule has 0 aliphatic heterocycles. The average molecular weight is 258 g/mol. The van der Waals surface area contributed by atoms with Gasteiger partial charge in [-0.15, -0.1) is 0 Å². The Kier molecular flexibility index (Phi) is 4.07. The fourth-order valence-electron chi connectivity index (χ4n) is 1.81. The lowest BCUT2D eigenvalue weighted by Crippen LogP contribution is -2.17. The van der Waals surface area contributed by atoms with Gasteiger partial charge in [0.25, 0.3) is 0 Å². The normalized spacial score (nSPS) is 11.8. The summed E-state index contributed by atoms with van der Waals surface area (Å²) < 4.78 is 5.12. The third kappa shape index (κ3) is 3.28. The molecule has 19 heavy (non-hydrogen) atoms. The molecule has 1 heterocycles. The molecule has 0 amide bonds. The number of hydrogen-bond donors (Lipinski definition) is 1. The van der Waals surface area contributed by atoms with E-state index in [1.807, 2.05) is 24.3 Å². The number of carbonyl (C=O) groups is 1. The molecule has 1 unspecified atom stereocenters. The quantitative estimate of drug-likeness (QED) is 0.886. The molecule has 98 valence electrons. The predicted octanol–water partition coefficient (Wildman–Crippen LogP) is 1.90. The van der Waals surface area contributed by atoms with Crippen LogP contribution >= 0.6 is 0 Å². The van der Waals surface area contributed by atoms with E-state index < -0.39 is 11.9 Å². The van der Waals surface area contributed by atoms with Gasteiger partial charge in [0.1, 0.15) is 17.5 Å². The van der Waals surface area contributed by atoms with Gasteiger partial charge < -0.3 is 9.84 Å². The topological polar surface area (TPSA) is 72.3 Å². The minimum Gasteiger partial charge on any atom is -0.497 e. The second-order valence-corrected chi connectivity index (χ2v) is 4.05. The molecular weight excluding hydrogens is 244 g/mol. The minimum absolute atomic E-state index is 0.317. The van der Waals surface area contributed by atoms with E-state index in [0.29, 0.717) is 18.0 Å². The highest BCUT2D eigenvalue weighted by molar-refractivity contribution is 5.75. The van der Waals surface area contributed by atoms with Gasteiger partial charge in [0, 0.05) is 12.4 Å². The predicted molar refractivity (Wildman–Crippen MR) is 69.1 cm³/mol. The maximum Gasteiger partial charge on any atom is 0.314 e. The summed E-state index contributed by atoms with van der Waals surface area (Å²) in [5.41, 5.74) is 0.874. The number of methoxy groups -OCH3 is 1. The fraction of sp³-hybridized carbons (Fsp3) is 0.214. The van der Waals surface area contributed by atoms with Crippen molar-refractivity contribution in [3.05, 3.63) is 54.1 Å². The van der Waals surface area contributed by atoms with Gasteiger partial charge in [-0.05, 0) is 30.2 Å². The molecule has 1 N–H and O–H groups in total. The van der Waals surface area contributed by atoms with Crippen LogP contribution in [0.4, 0.5) is 0 Å². The van der Waals surface area contributed by atoms with Crippen LogP contribution in [0, 0.1) is 0 Å². The lowest BCUT2D eigenvalue weighted by atomic mass is 9.98. The molecular formula is C14H14N2O3. The molecule has 0 saturated heterocycles. The molecule has 0 radical (unpaired) electrons. The number of benzene rings is 1. The standard InChI is InChI=1S/C14H14N2O3/c1-19-11-5-2-4-10(8-11)9-12(14(17)18)13-15-6-3-7-16-13/h2-8,12H,9H2,1H3,(H,17,18). The van der Waals surface area contributed by atoms with E-state index in [-0.39, 0.29) is 0 Å². The van der Waals surface area contributed by atoms with Crippen LogP contribution in [-0.2, 0) is 11.2 Å². The van der Waals surface area contributed by atoms with Crippen molar-refractivity contribution in [3.8, 4) is 5.75 Å². The van der Waals surface area contributed by atoms with Gasteiger partial charge in [-0.3, -0.25) is 4.79 Å². The van der Waals surface area contributed by atoms with Gasteiger partial charge in [-0.2, -0.15) is 0 Å². The van der Waals surface area contributed by atoms with Crippen LogP contribution < -0.4 is 4.74 Å². The number of nitrogens with zero attached hydrogens (tertiary/aromatic N) is 2. The SMILES string of the molecule is COc1cccc(CC(C(=O)O)c2ncccn2)c1. The van der Waals surface area contributed by atoms with Crippen molar-refractivity contribution < 1.29 is 14.6 Å². The van der Waals surface area contributed by atoms with E-state index in [1.54, 1.807) is 25.6 Å². The Morgan fingerprint density at radius 3 is 2.68 bits per heavy atom. The summed E-state index contributed by atoms with van der Waals surface area (Å²) in [6, 6.07) is 8.99. The van der Waals surface area contributed by atoms with Crippen molar-refractivity contribution in [3.63, 3.8) is 0 Å². The first kappa shape index (κ1) is 13.0. The maximum atomic E-state index is 11.3. The smallest absolute Gasteiger partial charge is 0.314 e. The third-order valence-electron chi connectivity index (χ3n) is 2.77. The first-order valence-corrected chi connectivity index (χ1v) is 5.83. The molecule has 0 aliphatic carbocycles. The van der Waals surface area contributed by atoms with Crippen LogP contribution in [0.3, 0.4) is 0 Å². The molecule has 0 saturated carbocycles. The first-order chi connectivity index (χ1) is 9.20. The number of rotatable bonds is 5. The van der Waals surface area contributed by atoms with Gasteiger partial charge in [-0.25, -0.2) is 9.97 Å². The van der Waals surface area contributed by atoms with E-state index in [2.05, 4.69) is 9.97 Å². The molecule has 0 spiro atoms. The van der Waals surface area contributed by atoms with Gasteiger partial charge in [-0.1, -0.05) is 12.1 Å². The summed E-state index contributed by atoms with van der Waals surface area (Å²) >= 11 is 0. The van der Waals surface area contributed by atoms with Gasteiger partial charge in [0.15, 0.2) is 0 Å². The summed E-state index contributed by atoms with van der Waals surface area (Å²) in [5.74, 6) is -0.671. The first-order valence-electron chi connectivity index (χ1n) is 5.83.